The first kappa shape index (κ1) is 21.0. The molecule has 2 aromatic rings. The quantitative estimate of drug-likeness (QED) is 0.644. The molecular formula is C19H16BrN2O6S-. The summed E-state index contributed by atoms with van der Waals surface area (Å²) in [6.45, 7) is 1.64. The number of esters is 1. The molecule has 1 heterocycles. The zero-order valence-corrected chi connectivity index (χ0v) is 17.6. The van der Waals surface area contributed by atoms with E-state index in [2.05, 4.69) is 15.9 Å². The Balaban J connectivity index is 2.13. The first-order chi connectivity index (χ1) is 13.6. The normalized spacial score (nSPS) is 17.0. The van der Waals surface area contributed by atoms with Gasteiger partial charge >= 0.3 is 5.97 Å². The molecule has 0 fully saturated rings. The lowest BCUT2D eigenvalue weighted by molar-refractivity contribution is -0.298. The molecule has 10 heteroatoms. The number of hydrogen-bond donors (Lipinski definition) is 1. The number of rotatable bonds is 5. The fourth-order valence-corrected chi connectivity index (χ4v) is 3.81. The molecule has 0 aromatic heterocycles. The van der Waals surface area contributed by atoms with Crippen molar-refractivity contribution in [2.45, 2.75) is 17.9 Å². The molecule has 0 saturated carbocycles. The van der Waals surface area contributed by atoms with Crippen LogP contribution in [-0.2, 0) is 24.3 Å². The Morgan fingerprint density at radius 3 is 2.28 bits per heavy atom. The Bertz CT molecular complexity index is 1090. The minimum Gasteiger partial charge on any atom is -0.868 e. The molecule has 1 amide bonds. The average molecular weight is 480 g/mol. The van der Waals surface area contributed by atoms with Gasteiger partial charge in [-0.2, -0.15) is 0 Å². The van der Waals surface area contributed by atoms with Crippen molar-refractivity contribution in [2.75, 3.05) is 11.5 Å². The fourth-order valence-electron chi connectivity index (χ4n) is 3.03. The summed E-state index contributed by atoms with van der Waals surface area (Å²) in [6, 6.07) is 10.9. The summed E-state index contributed by atoms with van der Waals surface area (Å²) in [6.07, 6.45) is 0. The molecule has 0 spiro atoms. The fraction of sp³-hybridized carbons (Fsp3) is 0.158. The standard InChI is InChI=1S/C19H17BrN2O6S/c1-2-28-19(25)15-16(11-3-5-12(20)6-4-11)22(18(24)17(15)23)13-7-9-14(10-8-13)29(21,26)27/h3-10,16,23H,2H2,1H3,(H2,21,26,27)/p-1. The van der Waals surface area contributed by atoms with Gasteiger partial charge in [-0.1, -0.05) is 28.1 Å². The largest absolute Gasteiger partial charge is 0.868 e. The van der Waals surface area contributed by atoms with Crippen LogP contribution in [0.4, 0.5) is 5.69 Å². The summed E-state index contributed by atoms with van der Waals surface area (Å²) in [7, 11) is -3.92. The number of amides is 1. The lowest BCUT2D eigenvalue weighted by atomic mass is 9.99. The lowest BCUT2D eigenvalue weighted by Crippen LogP contribution is -2.32. The summed E-state index contributed by atoms with van der Waals surface area (Å²) < 4.78 is 28.7. The van der Waals surface area contributed by atoms with Crippen LogP contribution in [0, 0.1) is 0 Å². The van der Waals surface area contributed by atoms with Crippen LogP contribution < -0.4 is 15.1 Å². The van der Waals surface area contributed by atoms with Gasteiger partial charge in [0.2, 0.25) is 15.9 Å². The van der Waals surface area contributed by atoms with Crippen molar-refractivity contribution in [2.24, 2.45) is 5.14 Å². The van der Waals surface area contributed by atoms with Crippen molar-refractivity contribution in [3.8, 4) is 0 Å². The molecule has 152 valence electrons. The molecule has 0 saturated heterocycles. The predicted molar refractivity (Wildman–Crippen MR) is 106 cm³/mol. The maximum atomic E-state index is 12.8. The second kappa shape index (κ2) is 7.97. The SMILES string of the molecule is CCOC(=O)C1=C([O-])C(=O)N(c2ccc(S(N)(=O)=O)cc2)C1c1ccc(Br)cc1. The van der Waals surface area contributed by atoms with Gasteiger partial charge < -0.3 is 9.84 Å². The van der Waals surface area contributed by atoms with E-state index in [4.69, 9.17) is 9.88 Å². The summed E-state index contributed by atoms with van der Waals surface area (Å²) in [5.74, 6) is -2.75. The first-order valence-corrected chi connectivity index (χ1v) is 10.8. The van der Waals surface area contributed by atoms with Crippen LogP contribution >= 0.6 is 15.9 Å². The minimum absolute atomic E-state index is 0.0416. The number of nitrogens with zero attached hydrogens (tertiary/aromatic N) is 1. The number of hydrogen-bond acceptors (Lipinski definition) is 6. The monoisotopic (exact) mass is 479 g/mol. The van der Waals surface area contributed by atoms with Gasteiger partial charge in [-0.25, -0.2) is 18.4 Å². The maximum absolute atomic E-state index is 12.8. The Labute approximate surface area is 175 Å². The van der Waals surface area contributed by atoms with Crippen molar-refractivity contribution >= 4 is 43.5 Å². The molecule has 2 N–H and O–H groups in total. The maximum Gasteiger partial charge on any atom is 0.336 e. The number of carbonyl (C=O) groups is 2. The van der Waals surface area contributed by atoms with E-state index in [1.165, 1.54) is 24.3 Å². The zero-order valence-electron chi connectivity index (χ0n) is 15.2. The van der Waals surface area contributed by atoms with Crippen molar-refractivity contribution in [1.29, 1.82) is 0 Å². The van der Waals surface area contributed by atoms with Crippen molar-refractivity contribution in [1.82, 2.24) is 0 Å². The highest BCUT2D eigenvalue weighted by Gasteiger charge is 2.41. The molecule has 29 heavy (non-hydrogen) atoms. The van der Waals surface area contributed by atoms with E-state index < -0.39 is 33.7 Å². The second-order valence-electron chi connectivity index (χ2n) is 6.13. The highest BCUT2D eigenvalue weighted by Crippen LogP contribution is 2.40. The van der Waals surface area contributed by atoms with E-state index in [9.17, 15) is 23.1 Å². The molecule has 2 aromatic carbocycles. The topological polar surface area (TPSA) is 130 Å². The van der Waals surface area contributed by atoms with E-state index in [-0.39, 0.29) is 22.8 Å². The molecule has 0 aliphatic carbocycles. The minimum atomic E-state index is -3.92. The number of anilines is 1. The second-order valence-corrected chi connectivity index (χ2v) is 8.61. The number of primary sulfonamides is 1. The number of sulfonamides is 1. The van der Waals surface area contributed by atoms with Gasteiger partial charge in [0.1, 0.15) is 0 Å². The van der Waals surface area contributed by atoms with Gasteiger partial charge in [0.05, 0.1) is 23.1 Å². The summed E-state index contributed by atoms with van der Waals surface area (Å²) >= 11 is 3.32. The number of ether oxygens (including phenoxy) is 1. The van der Waals surface area contributed by atoms with Gasteiger partial charge in [-0.15, -0.1) is 0 Å². The number of carbonyl (C=O) groups excluding carboxylic acids is 2. The van der Waals surface area contributed by atoms with Crippen LogP contribution in [0.25, 0.3) is 0 Å². The molecule has 1 unspecified atom stereocenters. The molecule has 1 aliphatic rings. The van der Waals surface area contributed by atoms with Crippen molar-refractivity contribution in [3.63, 3.8) is 0 Å². The molecule has 3 rings (SSSR count). The van der Waals surface area contributed by atoms with Crippen molar-refractivity contribution in [3.05, 3.63) is 69.9 Å². The van der Waals surface area contributed by atoms with E-state index in [0.29, 0.717) is 5.56 Å². The first-order valence-electron chi connectivity index (χ1n) is 8.45. The van der Waals surface area contributed by atoms with Crippen LogP contribution in [0.5, 0.6) is 0 Å². The molecule has 0 bridgehead atoms. The average Bonchev–Trinajstić information content (AvgIpc) is 2.93. The Kier molecular flexibility index (Phi) is 5.78. The smallest absolute Gasteiger partial charge is 0.336 e. The highest BCUT2D eigenvalue weighted by molar-refractivity contribution is 9.10. The molecule has 8 nitrogen and oxygen atoms in total. The molecular weight excluding hydrogens is 464 g/mol. The predicted octanol–water partition coefficient (Wildman–Crippen LogP) is 1.36. The zero-order chi connectivity index (χ0) is 21.3. The summed E-state index contributed by atoms with van der Waals surface area (Å²) in [5, 5.41) is 17.7. The van der Waals surface area contributed by atoms with Gasteiger partial charge in [0.25, 0.3) is 0 Å². The van der Waals surface area contributed by atoms with E-state index in [0.717, 1.165) is 9.37 Å². The third kappa shape index (κ3) is 4.04. The number of halogens is 1. The van der Waals surface area contributed by atoms with Gasteiger partial charge in [0.15, 0.2) is 0 Å². The highest BCUT2D eigenvalue weighted by atomic mass is 79.9. The van der Waals surface area contributed by atoms with E-state index >= 15 is 0 Å². The van der Waals surface area contributed by atoms with Crippen molar-refractivity contribution < 1.29 is 27.9 Å². The van der Waals surface area contributed by atoms with Crippen LogP contribution in [0.1, 0.15) is 18.5 Å². The third-order valence-corrected chi connectivity index (χ3v) is 5.77. The van der Waals surface area contributed by atoms with Gasteiger partial charge in [-0.05, 0) is 54.6 Å². The third-order valence-electron chi connectivity index (χ3n) is 4.31. The van der Waals surface area contributed by atoms with Crippen LogP contribution in [-0.4, -0.2) is 26.9 Å². The molecule has 1 aliphatic heterocycles. The lowest BCUT2D eigenvalue weighted by Gasteiger charge is -2.27. The van der Waals surface area contributed by atoms with E-state index in [1.807, 2.05) is 0 Å². The van der Waals surface area contributed by atoms with E-state index in [1.54, 1.807) is 31.2 Å². The number of nitrogens with two attached hydrogens (primary N) is 1. The van der Waals surface area contributed by atoms with Gasteiger partial charge in [0, 0.05) is 10.2 Å². The number of benzene rings is 2. The Morgan fingerprint density at radius 1 is 1.17 bits per heavy atom. The van der Waals surface area contributed by atoms with Crippen LogP contribution in [0.3, 0.4) is 0 Å². The van der Waals surface area contributed by atoms with Gasteiger partial charge in [-0.3, -0.25) is 9.69 Å². The Hall–Kier alpha value is -2.69. The summed E-state index contributed by atoms with van der Waals surface area (Å²) in [5.41, 5.74) is 0.462. The summed E-state index contributed by atoms with van der Waals surface area (Å²) in [4.78, 5) is 26.2. The molecule has 1 atom stereocenters. The Morgan fingerprint density at radius 2 is 1.76 bits per heavy atom. The van der Waals surface area contributed by atoms with Crippen LogP contribution in [0.2, 0.25) is 0 Å². The molecule has 0 radical (unpaired) electrons. The van der Waals surface area contributed by atoms with Crippen LogP contribution in [0.15, 0.2) is 69.2 Å².